The molecule has 2 aromatic heterocycles. The van der Waals surface area contributed by atoms with Gasteiger partial charge in [-0.2, -0.15) is 10.4 Å². The summed E-state index contributed by atoms with van der Waals surface area (Å²) in [4.78, 5) is 10.5. The van der Waals surface area contributed by atoms with E-state index in [1.165, 1.54) is 0 Å². The van der Waals surface area contributed by atoms with Gasteiger partial charge in [0.15, 0.2) is 11.5 Å². The highest BCUT2D eigenvalue weighted by atomic mass is 15.3. The van der Waals surface area contributed by atoms with Crippen LogP contribution >= 0.6 is 0 Å². The second-order valence-electron chi connectivity index (χ2n) is 4.57. The molecule has 96 valence electrons. The Balaban J connectivity index is 1.84. The van der Waals surface area contributed by atoms with Gasteiger partial charge in [0.1, 0.15) is 6.07 Å². The second-order valence-corrected chi connectivity index (χ2v) is 4.57. The summed E-state index contributed by atoms with van der Waals surface area (Å²) in [5, 5.41) is 13.4. The number of hydrogen-bond donors (Lipinski definition) is 0. The first-order valence-electron chi connectivity index (χ1n) is 6.33. The summed E-state index contributed by atoms with van der Waals surface area (Å²) in [6.07, 6.45) is 9.12. The number of nitriles is 1. The van der Waals surface area contributed by atoms with E-state index in [-0.39, 0.29) is 0 Å². The van der Waals surface area contributed by atoms with E-state index in [9.17, 15) is 0 Å². The number of nitrogens with zero attached hydrogens (tertiary/aromatic N) is 6. The standard InChI is InChI=1S/C13H14N6/c14-9-12-13(16-6-5-15-12)18-7-1-3-11(10-18)19-8-2-4-17-19/h2,4-6,8,11H,1,3,7,10H2. The Bertz CT molecular complexity index is 585. The number of aromatic nitrogens is 4. The lowest BCUT2D eigenvalue weighted by atomic mass is 10.1. The van der Waals surface area contributed by atoms with Gasteiger partial charge >= 0.3 is 0 Å². The van der Waals surface area contributed by atoms with E-state index in [1.807, 2.05) is 16.9 Å². The minimum atomic E-state index is 0.331. The SMILES string of the molecule is N#Cc1nccnc1N1CCCC(n2cccn2)C1. The van der Waals surface area contributed by atoms with Crippen LogP contribution in [0.3, 0.4) is 0 Å². The van der Waals surface area contributed by atoms with Gasteiger partial charge in [-0.25, -0.2) is 9.97 Å². The van der Waals surface area contributed by atoms with Crippen LogP contribution in [0.4, 0.5) is 5.82 Å². The third kappa shape index (κ3) is 2.27. The van der Waals surface area contributed by atoms with E-state index in [1.54, 1.807) is 18.6 Å². The van der Waals surface area contributed by atoms with Crippen LogP contribution in [0.5, 0.6) is 0 Å². The summed E-state index contributed by atoms with van der Waals surface area (Å²) in [5.74, 6) is 0.682. The van der Waals surface area contributed by atoms with Gasteiger partial charge in [0.05, 0.1) is 6.04 Å². The van der Waals surface area contributed by atoms with Crippen LogP contribution in [-0.4, -0.2) is 32.8 Å². The Labute approximate surface area is 111 Å². The van der Waals surface area contributed by atoms with Gasteiger partial charge in [0.25, 0.3) is 0 Å². The van der Waals surface area contributed by atoms with Crippen molar-refractivity contribution in [3.8, 4) is 6.07 Å². The molecule has 0 amide bonds. The molecule has 1 fully saturated rings. The van der Waals surface area contributed by atoms with Gasteiger partial charge in [-0.1, -0.05) is 0 Å². The van der Waals surface area contributed by atoms with Gasteiger partial charge in [0.2, 0.25) is 0 Å². The van der Waals surface area contributed by atoms with Crippen LogP contribution in [0.2, 0.25) is 0 Å². The summed E-state index contributed by atoms with van der Waals surface area (Å²) in [6.45, 7) is 1.72. The van der Waals surface area contributed by atoms with E-state index >= 15 is 0 Å². The van der Waals surface area contributed by atoms with Crippen LogP contribution in [0.15, 0.2) is 30.9 Å². The highest BCUT2D eigenvalue weighted by Crippen LogP contribution is 2.25. The van der Waals surface area contributed by atoms with Gasteiger partial charge in [-0.15, -0.1) is 0 Å². The normalized spacial score (nSPS) is 19.1. The van der Waals surface area contributed by atoms with Gasteiger partial charge < -0.3 is 4.90 Å². The molecular formula is C13H14N6. The maximum Gasteiger partial charge on any atom is 0.183 e. The van der Waals surface area contributed by atoms with Crippen molar-refractivity contribution < 1.29 is 0 Å². The Morgan fingerprint density at radius 1 is 1.26 bits per heavy atom. The molecule has 0 saturated carbocycles. The zero-order valence-electron chi connectivity index (χ0n) is 10.5. The molecule has 0 N–H and O–H groups in total. The van der Waals surface area contributed by atoms with Crippen molar-refractivity contribution in [2.75, 3.05) is 18.0 Å². The minimum absolute atomic E-state index is 0.331. The first-order chi connectivity index (χ1) is 9.38. The molecule has 1 atom stereocenters. The van der Waals surface area contributed by atoms with Gasteiger partial charge in [-0.3, -0.25) is 4.68 Å². The summed E-state index contributed by atoms with van der Waals surface area (Å²) in [7, 11) is 0. The predicted molar refractivity (Wildman–Crippen MR) is 69.5 cm³/mol. The molecule has 0 bridgehead atoms. The summed E-state index contributed by atoms with van der Waals surface area (Å²) < 4.78 is 1.98. The first-order valence-corrected chi connectivity index (χ1v) is 6.33. The van der Waals surface area contributed by atoms with Crippen molar-refractivity contribution in [3.05, 3.63) is 36.5 Å². The molecule has 1 saturated heterocycles. The molecule has 0 radical (unpaired) electrons. The average molecular weight is 254 g/mol. The molecule has 6 heteroatoms. The number of rotatable bonds is 2. The molecule has 0 aromatic carbocycles. The number of hydrogen-bond acceptors (Lipinski definition) is 5. The molecular weight excluding hydrogens is 240 g/mol. The smallest absolute Gasteiger partial charge is 0.183 e. The quantitative estimate of drug-likeness (QED) is 0.809. The van der Waals surface area contributed by atoms with Crippen LogP contribution in [0.25, 0.3) is 0 Å². The first kappa shape index (κ1) is 11.7. The topological polar surface area (TPSA) is 70.6 Å². The lowest BCUT2D eigenvalue weighted by Gasteiger charge is -2.33. The van der Waals surface area contributed by atoms with E-state index in [4.69, 9.17) is 5.26 Å². The molecule has 1 aliphatic heterocycles. The third-order valence-electron chi connectivity index (χ3n) is 3.38. The molecule has 6 nitrogen and oxygen atoms in total. The Morgan fingerprint density at radius 2 is 2.16 bits per heavy atom. The molecule has 0 spiro atoms. The second kappa shape index (κ2) is 5.06. The molecule has 0 aliphatic carbocycles. The molecule has 1 unspecified atom stereocenters. The van der Waals surface area contributed by atoms with Crippen LogP contribution in [0, 0.1) is 11.3 Å². The van der Waals surface area contributed by atoms with Gasteiger partial charge in [0, 0.05) is 37.9 Å². The molecule has 3 heterocycles. The number of anilines is 1. The van der Waals surface area contributed by atoms with Crippen LogP contribution < -0.4 is 4.90 Å². The fraction of sp³-hybridized carbons (Fsp3) is 0.385. The zero-order valence-corrected chi connectivity index (χ0v) is 10.5. The maximum absolute atomic E-state index is 9.10. The third-order valence-corrected chi connectivity index (χ3v) is 3.38. The Kier molecular flexibility index (Phi) is 3.11. The van der Waals surface area contributed by atoms with Crippen molar-refractivity contribution >= 4 is 5.82 Å². The zero-order chi connectivity index (χ0) is 13.1. The van der Waals surface area contributed by atoms with E-state index < -0.39 is 0 Å². The van der Waals surface area contributed by atoms with Crippen molar-refractivity contribution in [2.45, 2.75) is 18.9 Å². The maximum atomic E-state index is 9.10. The van der Waals surface area contributed by atoms with Crippen molar-refractivity contribution in [2.24, 2.45) is 0 Å². The molecule has 3 rings (SSSR count). The fourth-order valence-corrected chi connectivity index (χ4v) is 2.50. The van der Waals surface area contributed by atoms with Crippen LogP contribution in [0.1, 0.15) is 24.6 Å². The van der Waals surface area contributed by atoms with Crippen molar-refractivity contribution in [1.29, 1.82) is 5.26 Å². The molecule has 1 aliphatic rings. The molecule has 2 aromatic rings. The van der Waals surface area contributed by atoms with Gasteiger partial charge in [-0.05, 0) is 18.9 Å². The number of piperidine rings is 1. The lowest BCUT2D eigenvalue weighted by Crippen LogP contribution is -2.37. The highest BCUT2D eigenvalue weighted by molar-refractivity contribution is 5.49. The van der Waals surface area contributed by atoms with E-state index in [0.29, 0.717) is 17.6 Å². The van der Waals surface area contributed by atoms with E-state index in [2.05, 4.69) is 26.0 Å². The highest BCUT2D eigenvalue weighted by Gasteiger charge is 2.24. The van der Waals surface area contributed by atoms with Crippen molar-refractivity contribution in [3.63, 3.8) is 0 Å². The average Bonchev–Trinajstić information content (AvgIpc) is 3.01. The summed E-state index contributed by atoms with van der Waals surface area (Å²) >= 11 is 0. The lowest BCUT2D eigenvalue weighted by molar-refractivity contribution is 0.374. The Morgan fingerprint density at radius 3 is 2.95 bits per heavy atom. The predicted octanol–water partition coefficient (Wildman–Crippen LogP) is 1.39. The van der Waals surface area contributed by atoms with Crippen LogP contribution in [-0.2, 0) is 0 Å². The molecule has 19 heavy (non-hydrogen) atoms. The Hall–Kier alpha value is -2.42. The summed E-state index contributed by atoms with van der Waals surface area (Å²) in [5.41, 5.74) is 0.392. The van der Waals surface area contributed by atoms with E-state index in [0.717, 1.165) is 25.9 Å². The monoisotopic (exact) mass is 254 g/mol. The summed E-state index contributed by atoms with van der Waals surface area (Å²) in [6, 6.07) is 4.37. The minimum Gasteiger partial charge on any atom is -0.352 e. The fourth-order valence-electron chi connectivity index (χ4n) is 2.50. The van der Waals surface area contributed by atoms with Crippen molar-refractivity contribution in [1.82, 2.24) is 19.7 Å². The largest absolute Gasteiger partial charge is 0.352 e.